The molecule has 0 fully saturated rings. The minimum atomic E-state index is -1.21. The van der Waals surface area contributed by atoms with Crippen LogP contribution in [0.25, 0.3) is 0 Å². The summed E-state index contributed by atoms with van der Waals surface area (Å²) in [5.74, 6) is -2.41. The average molecular weight is 485 g/mol. The van der Waals surface area contributed by atoms with Crippen molar-refractivity contribution in [2.75, 3.05) is 11.9 Å². The molecule has 0 radical (unpaired) electrons. The maximum atomic E-state index is 13.2. The number of aryl methyl sites for hydroxylation is 2. The fraction of sp³-hybridized carbons (Fsp3) is 0.241. The lowest BCUT2D eigenvalue weighted by Gasteiger charge is -2.24. The number of esters is 1. The number of rotatable bonds is 9. The van der Waals surface area contributed by atoms with Crippen molar-refractivity contribution >= 4 is 29.4 Å². The van der Waals surface area contributed by atoms with E-state index in [0.717, 1.165) is 40.1 Å². The molecule has 0 bridgehead atoms. The van der Waals surface area contributed by atoms with Crippen molar-refractivity contribution in [2.24, 2.45) is 0 Å². The zero-order chi connectivity index (χ0) is 25.7. The Morgan fingerprint density at radius 2 is 1.36 bits per heavy atom. The number of carbonyl (C=O) groups excluding carboxylic acids is 4. The van der Waals surface area contributed by atoms with Gasteiger partial charge in [0, 0.05) is 12.1 Å². The molecule has 1 N–H and O–H groups in total. The number of anilines is 1. The van der Waals surface area contributed by atoms with E-state index in [0.29, 0.717) is 0 Å². The summed E-state index contributed by atoms with van der Waals surface area (Å²) in [7, 11) is 0. The molecule has 0 saturated heterocycles. The summed E-state index contributed by atoms with van der Waals surface area (Å²) in [4.78, 5) is 53.1. The van der Waals surface area contributed by atoms with Crippen molar-refractivity contribution in [1.82, 2.24) is 4.90 Å². The minimum absolute atomic E-state index is 0.0748. The van der Waals surface area contributed by atoms with E-state index in [1.165, 1.54) is 0 Å². The van der Waals surface area contributed by atoms with Crippen molar-refractivity contribution in [3.8, 4) is 0 Å². The predicted octanol–water partition coefficient (Wildman–Crippen LogP) is 4.20. The van der Waals surface area contributed by atoms with Gasteiger partial charge in [0.1, 0.15) is 6.04 Å². The van der Waals surface area contributed by atoms with Crippen LogP contribution < -0.4 is 5.32 Å². The number of fused-ring (bicyclic) bond motifs is 1. The van der Waals surface area contributed by atoms with Gasteiger partial charge in [0.2, 0.25) is 0 Å². The lowest BCUT2D eigenvalue weighted by Crippen LogP contribution is -2.47. The van der Waals surface area contributed by atoms with Gasteiger partial charge in [-0.05, 0) is 41.7 Å². The van der Waals surface area contributed by atoms with E-state index in [-0.39, 0.29) is 17.5 Å². The van der Waals surface area contributed by atoms with Crippen molar-refractivity contribution in [3.63, 3.8) is 0 Å². The molecule has 3 amide bonds. The van der Waals surface area contributed by atoms with Gasteiger partial charge in [-0.15, -0.1) is 0 Å². The number of imide groups is 1. The molecule has 3 aromatic carbocycles. The lowest BCUT2D eigenvalue weighted by molar-refractivity contribution is -0.151. The molecule has 0 spiro atoms. The molecule has 7 heteroatoms. The van der Waals surface area contributed by atoms with Crippen LogP contribution in [0.5, 0.6) is 0 Å². The molecule has 1 aliphatic heterocycles. The molecule has 1 aliphatic rings. The van der Waals surface area contributed by atoms with Crippen molar-refractivity contribution < 1.29 is 23.9 Å². The van der Waals surface area contributed by atoms with Crippen LogP contribution >= 0.6 is 0 Å². The summed E-state index contributed by atoms with van der Waals surface area (Å²) in [6.45, 7) is 3.47. The number of ether oxygens (including phenoxy) is 1. The zero-order valence-corrected chi connectivity index (χ0v) is 20.3. The average Bonchev–Trinajstić information content (AvgIpc) is 3.16. The minimum Gasteiger partial charge on any atom is -0.454 e. The van der Waals surface area contributed by atoms with Gasteiger partial charge in [-0.25, -0.2) is 4.79 Å². The number of amides is 3. The molecular weight excluding hydrogens is 456 g/mol. The highest BCUT2D eigenvalue weighted by atomic mass is 16.5. The van der Waals surface area contributed by atoms with Gasteiger partial charge in [0.25, 0.3) is 17.7 Å². The molecule has 1 heterocycles. The summed E-state index contributed by atoms with van der Waals surface area (Å²) >= 11 is 0. The third-order valence-electron chi connectivity index (χ3n) is 6.29. The van der Waals surface area contributed by atoms with Gasteiger partial charge >= 0.3 is 5.97 Å². The Morgan fingerprint density at radius 3 is 1.92 bits per heavy atom. The summed E-state index contributed by atoms with van der Waals surface area (Å²) in [6.07, 6.45) is 1.55. The second-order valence-corrected chi connectivity index (χ2v) is 8.55. The zero-order valence-electron chi connectivity index (χ0n) is 20.3. The smallest absolute Gasteiger partial charge is 0.330 e. The molecule has 7 nitrogen and oxygen atoms in total. The molecule has 4 rings (SSSR count). The van der Waals surface area contributed by atoms with E-state index in [1.807, 2.05) is 50.2 Å². The standard InChI is InChI=1S/C29H28N2O5/c1-3-20-13-10-14-21(4-2)26(20)30-25(32)18-36-29(35)24(17-19-11-6-5-7-12-19)31-27(33)22-15-8-9-16-23(22)28(31)34/h5-16,24H,3-4,17-18H2,1-2H3,(H,30,32). The van der Waals surface area contributed by atoms with Gasteiger partial charge in [-0.3, -0.25) is 19.3 Å². The molecule has 0 aliphatic carbocycles. The molecular formula is C29H28N2O5. The SMILES string of the molecule is CCc1cccc(CC)c1NC(=O)COC(=O)C(Cc1ccccc1)N1C(=O)c2ccccc2C1=O. The summed E-state index contributed by atoms with van der Waals surface area (Å²) in [6, 6.07) is 20.1. The van der Waals surface area contributed by atoms with Gasteiger partial charge in [0.05, 0.1) is 11.1 Å². The van der Waals surface area contributed by atoms with Gasteiger partial charge in [-0.2, -0.15) is 0 Å². The Balaban J connectivity index is 1.52. The first kappa shape index (κ1) is 24.9. The largest absolute Gasteiger partial charge is 0.454 e. The van der Waals surface area contributed by atoms with Crippen LogP contribution in [0.3, 0.4) is 0 Å². The molecule has 1 unspecified atom stereocenters. The van der Waals surface area contributed by atoms with E-state index in [2.05, 4.69) is 5.32 Å². The molecule has 0 saturated carbocycles. The second-order valence-electron chi connectivity index (χ2n) is 8.55. The van der Waals surface area contributed by atoms with Gasteiger partial charge in [-0.1, -0.05) is 74.5 Å². The molecule has 1 atom stereocenters. The number of nitrogens with one attached hydrogen (secondary N) is 1. The van der Waals surface area contributed by atoms with E-state index in [9.17, 15) is 19.2 Å². The Kier molecular flexibility index (Phi) is 7.59. The van der Waals surface area contributed by atoms with Crippen molar-refractivity contribution in [2.45, 2.75) is 39.2 Å². The third kappa shape index (κ3) is 5.05. The first-order chi connectivity index (χ1) is 17.4. The Bertz CT molecular complexity index is 1240. The summed E-state index contributed by atoms with van der Waals surface area (Å²) < 4.78 is 5.37. The van der Waals surface area contributed by atoms with Crippen LogP contribution in [-0.4, -0.2) is 41.2 Å². The molecule has 0 aromatic heterocycles. The Morgan fingerprint density at radius 1 is 0.806 bits per heavy atom. The quantitative estimate of drug-likeness (QED) is 0.363. The van der Waals surface area contributed by atoms with Crippen LogP contribution in [0.1, 0.15) is 51.3 Å². The van der Waals surface area contributed by atoms with Crippen molar-refractivity contribution in [3.05, 3.63) is 101 Å². The van der Waals surface area contributed by atoms with Crippen LogP contribution in [0.15, 0.2) is 72.8 Å². The third-order valence-corrected chi connectivity index (χ3v) is 6.29. The number of nitrogens with zero attached hydrogens (tertiary/aromatic N) is 1. The highest BCUT2D eigenvalue weighted by molar-refractivity contribution is 6.22. The fourth-order valence-corrected chi connectivity index (χ4v) is 4.42. The first-order valence-corrected chi connectivity index (χ1v) is 12.0. The number of hydrogen-bond acceptors (Lipinski definition) is 5. The van der Waals surface area contributed by atoms with Gasteiger partial charge in [0.15, 0.2) is 6.61 Å². The predicted molar refractivity (Wildman–Crippen MR) is 136 cm³/mol. The summed E-state index contributed by atoms with van der Waals surface area (Å²) in [5.41, 5.74) is 3.95. The van der Waals surface area contributed by atoms with Crippen LogP contribution in [0.4, 0.5) is 5.69 Å². The van der Waals surface area contributed by atoms with Gasteiger partial charge < -0.3 is 10.1 Å². The first-order valence-electron chi connectivity index (χ1n) is 12.0. The van der Waals surface area contributed by atoms with Crippen molar-refractivity contribution in [1.29, 1.82) is 0 Å². The van der Waals surface area contributed by atoms with Crippen LogP contribution in [-0.2, 0) is 33.6 Å². The number of para-hydroxylation sites is 1. The monoisotopic (exact) mass is 484 g/mol. The van der Waals surface area contributed by atoms with E-state index < -0.39 is 36.3 Å². The van der Waals surface area contributed by atoms with E-state index in [1.54, 1.807) is 36.4 Å². The molecule has 184 valence electrons. The topological polar surface area (TPSA) is 92.8 Å². The Hall–Kier alpha value is -4.26. The Labute approximate surface area is 210 Å². The highest BCUT2D eigenvalue weighted by Crippen LogP contribution is 2.27. The maximum Gasteiger partial charge on any atom is 0.330 e. The lowest BCUT2D eigenvalue weighted by atomic mass is 10.0. The molecule has 3 aromatic rings. The maximum absolute atomic E-state index is 13.2. The highest BCUT2D eigenvalue weighted by Gasteiger charge is 2.43. The van der Waals surface area contributed by atoms with Crippen LogP contribution in [0.2, 0.25) is 0 Å². The fourth-order valence-electron chi connectivity index (χ4n) is 4.42. The second kappa shape index (κ2) is 11.0. The van der Waals surface area contributed by atoms with E-state index >= 15 is 0 Å². The number of benzene rings is 3. The van der Waals surface area contributed by atoms with Crippen LogP contribution in [0, 0.1) is 0 Å². The normalized spacial score (nSPS) is 13.3. The van der Waals surface area contributed by atoms with E-state index in [4.69, 9.17) is 4.74 Å². The molecule has 36 heavy (non-hydrogen) atoms. The number of carbonyl (C=O) groups is 4. The summed E-state index contributed by atoms with van der Waals surface area (Å²) in [5, 5.41) is 2.86. The number of hydrogen-bond donors (Lipinski definition) is 1.